The first kappa shape index (κ1) is 18.1. The summed E-state index contributed by atoms with van der Waals surface area (Å²) in [5.74, 6) is 0.664. The molecule has 0 spiro atoms. The maximum atomic E-state index is 13.6. The first-order valence-electron chi connectivity index (χ1n) is 6.99. The fourth-order valence-electron chi connectivity index (χ4n) is 2.41. The van der Waals surface area contributed by atoms with Gasteiger partial charge < -0.3 is 10.2 Å². The maximum Gasteiger partial charge on any atom is 0.193 e. The molecule has 1 saturated heterocycles. The van der Waals surface area contributed by atoms with E-state index in [1.807, 2.05) is 0 Å². The Morgan fingerprint density at radius 3 is 2.62 bits per heavy atom. The smallest absolute Gasteiger partial charge is 0.193 e. The number of hydrogen-bond donors (Lipinski definition) is 1. The maximum absolute atomic E-state index is 13.6. The Hall–Kier alpha value is -0.920. The molecule has 1 aromatic rings. The number of aliphatic imine (C=N–C) groups is 1. The van der Waals surface area contributed by atoms with Gasteiger partial charge in [-0.2, -0.15) is 0 Å². The van der Waals surface area contributed by atoms with Gasteiger partial charge in [0.15, 0.2) is 5.96 Å². The largest absolute Gasteiger partial charge is 0.352 e. The van der Waals surface area contributed by atoms with Crippen molar-refractivity contribution in [3.05, 3.63) is 35.4 Å². The zero-order chi connectivity index (χ0) is 14.5. The molecule has 0 aromatic heterocycles. The Balaban J connectivity index is 0.00000220. The van der Waals surface area contributed by atoms with Crippen molar-refractivity contribution < 1.29 is 8.78 Å². The molecule has 1 N–H and O–H groups in total. The van der Waals surface area contributed by atoms with Crippen LogP contribution in [0.1, 0.15) is 25.3 Å². The molecule has 21 heavy (non-hydrogen) atoms. The van der Waals surface area contributed by atoms with E-state index >= 15 is 0 Å². The molecule has 6 heteroatoms. The molecule has 1 aliphatic heterocycles. The molecule has 0 radical (unpaired) electrons. The van der Waals surface area contributed by atoms with Crippen LogP contribution < -0.4 is 5.32 Å². The molecule has 1 aromatic carbocycles. The molecule has 1 heterocycles. The zero-order valence-corrected chi connectivity index (χ0v) is 14.7. The van der Waals surface area contributed by atoms with E-state index in [1.54, 1.807) is 7.05 Å². The average molecular weight is 409 g/mol. The molecule has 0 bridgehead atoms. The lowest BCUT2D eigenvalue weighted by Gasteiger charge is -2.32. The van der Waals surface area contributed by atoms with Gasteiger partial charge in [-0.15, -0.1) is 24.0 Å². The molecule has 1 aliphatic rings. The van der Waals surface area contributed by atoms with Crippen LogP contribution >= 0.6 is 24.0 Å². The van der Waals surface area contributed by atoms with Crippen molar-refractivity contribution >= 4 is 29.9 Å². The van der Waals surface area contributed by atoms with Crippen molar-refractivity contribution in [2.45, 2.75) is 26.3 Å². The van der Waals surface area contributed by atoms with Gasteiger partial charge >= 0.3 is 0 Å². The summed E-state index contributed by atoms with van der Waals surface area (Å²) in [4.78, 5) is 6.38. The number of hydrogen-bond acceptors (Lipinski definition) is 1. The standard InChI is InChI=1S/C15H21F2N3.HI/c1-11-5-7-20(8-6-11)15(18-2)19-10-12-9-13(16)3-4-14(12)17;/h3-4,9,11H,5-8,10H2,1-2H3,(H,18,19);1H. The number of guanidine groups is 1. The summed E-state index contributed by atoms with van der Waals surface area (Å²) in [5.41, 5.74) is 0.316. The van der Waals surface area contributed by atoms with Crippen LogP contribution in [-0.2, 0) is 6.54 Å². The van der Waals surface area contributed by atoms with Crippen LogP contribution in [0.2, 0.25) is 0 Å². The van der Waals surface area contributed by atoms with Crippen molar-refractivity contribution in [1.29, 1.82) is 0 Å². The van der Waals surface area contributed by atoms with Crippen LogP contribution in [0.5, 0.6) is 0 Å². The first-order chi connectivity index (χ1) is 9.60. The molecule has 1 fully saturated rings. The number of likely N-dealkylation sites (tertiary alicyclic amines) is 1. The summed E-state index contributed by atoms with van der Waals surface area (Å²) in [7, 11) is 1.71. The van der Waals surface area contributed by atoms with E-state index in [0.29, 0.717) is 5.56 Å². The van der Waals surface area contributed by atoms with Crippen molar-refractivity contribution in [3.8, 4) is 0 Å². The van der Waals surface area contributed by atoms with Crippen LogP contribution in [0, 0.1) is 17.6 Å². The minimum atomic E-state index is -0.426. The summed E-state index contributed by atoms with van der Waals surface area (Å²) in [6.07, 6.45) is 2.27. The van der Waals surface area contributed by atoms with E-state index in [-0.39, 0.29) is 30.5 Å². The summed E-state index contributed by atoms with van der Waals surface area (Å²) < 4.78 is 26.7. The van der Waals surface area contributed by atoms with Crippen molar-refractivity contribution in [3.63, 3.8) is 0 Å². The fourth-order valence-corrected chi connectivity index (χ4v) is 2.41. The molecular formula is C15H22F2IN3. The van der Waals surface area contributed by atoms with E-state index < -0.39 is 11.6 Å². The minimum Gasteiger partial charge on any atom is -0.352 e. The Morgan fingerprint density at radius 2 is 2.00 bits per heavy atom. The fraction of sp³-hybridized carbons (Fsp3) is 0.533. The lowest BCUT2D eigenvalue weighted by atomic mass is 9.99. The number of benzene rings is 1. The Morgan fingerprint density at radius 1 is 1.33 bits per heavy atom. The van der Waals surface area contributed by atoms with Crippen molar-refractivity contribution in [2.24, 2.45) is 10.9 Å². The highest BCUT2D eigenvalue weighted by Crippen LogP contribution is 2.16. The highest BCUT2D eigenvalue weighted by Gasteiger charge is 2.18. The topological polar surface area (TPSA) is 27.6 Å². The molecule has 0 atom stereocenters. The average Bonchev–Trinajstić information content (AvgIpc) is 2.45. The molecule has 2 rings (SSSR count). The molecule has 118 valence electrons. The molecule has 0 unspecified atom stereocenters. The predicted molar refractivity (Wildman–Crippen MR) is 91.9 cm³/mol. The number of nitrogens with zero attached hydrogens (tertiary/aromatic N) is 2. The molecule has 3 nitrogen and oxygen atoms in total. The Labute approximate surface area is 141 Å². The number of piperidine rings is 1. The normalized spacial score (nSPS) is 16.6. The summed E-state index contributed by atoms with van der Waals surface area (Å²) >= 11 is 0. The van der Waals surface area contributed by atoms with Gasteiger partial charge in [-0.05, 0) is 37.0 Å². The Kier molecular flexibility index (Phi) is 7.34. The van der Waals surface area contributed by atoms with Gasteiger partial charge in [0.05, 0.1) is 0 Å². The minimum absolute atomic E-state index is 0. The SMILES string of the molecule is CN=C(NCc1cc(F)ccc1F)N1CCC(C)CC1.I. The van der Waals surface area contributed by atoms with Gasteiger partial charge in [0.25, 0.3) is 0 Å². The van der Waals surface area contributed by atoms with Crippen LogP contribution in [0.4, 0.5) is 8.78 Å². The van der Waals surface area contributed by atoms with Crippen LogP contribution in [0.25, 0.3) is 0 Å². The molecule has 0 aliphatic carbocycles. The summed E-state index contributed by atoms with van der Waals surface area (Å²) in [5, 5.41) is 3.11. The highest BCUT2D eigenvalue weighted by molar-refractivity contribution is 14.0. The second-order valence-corrected chi connectivity index (χ2v) is 5.31. The van der Waals surface area contributed by atoms with Gasteiger partial charge in [-0.1, -0.05) is 6.92 Å². The highest BCUT2D eigenvalue weighted by atomic mass is 127. The number of nitrogens with one attached hydrogen (secondary N) is 1. The molecule has 0 saturated carbocycles. The van der Waals surface area contributed by atoms with Gasteiger partial charge in [-0.25, -0.2) is 8.78 Å². The monoisotopic (exact) mass is 409 g/mol. The summed E-state index contributed by atoms with van der Waals surface area (Å²) in [6, 6.07) is 3.49. The lowest BCUT2D eigenvalue weighted by Crippen LogP contribution is -2.45. The van der Waals surface area contributed by atoms with E-state index in [1.165, 1.54) is 6.07 Å². The van der Waals surface area contributed by atoms with E-state index in [2.05, 4.69) is 22.1 Å². The van der Waals surface area contributed by atoms with E-state index in [9.17, 15) is 8.78 Å². The van der Waals surface area contributed by atoms with Gasteiger partial charge in [0, 0.05) is 32.2 Å². The third-order valence-electron chi connectivity index (χ3n) is 3.74. The third kappa shape index (κ3) is 5.09. The van der Waals surface area contributed by atoms with Gasteiger partial charge in [0.1, 0.15) is 11.6 Å². The second-order valence-electron chi connectivity index (χ2n) is 5.31. The number of rotatable bonds is 2. The second kappa shape index (κ2) is 8.51. The quantitative estimate of drug-likeness (QED) is 0.461. The zero-order valence-electron chi connectivity index (χ0n) is 12.4. The van der Waals surface area contributed by atoms with Crippen molar-refractivity contribution in [2.75, 3.05) is 20.1 Å². The van der Waals surface area contributed by atoms with Crippen LogP contribution in [0.3, 0.4) is 0 Å². The molecule has 0 amide bonds. The van der Waals surface area contributed by atoms with Gasteiger partial charge in [0.2, 0.25) is 0 Å². The van der Waals surface area contributed by atoms with E-state index in [4.69, 9.17) is 0 Å². The van der Waals surface area contributed by atoms with Gasteiger partial charge in [-0.3, -0.25) is 4.99 Å². The lowest BCUT2D eigenvalue weighted by molar-refractivity contribution is 0.273. The number of halogens is 3. The van der Waals surface area contributed by atoms with E-state index in [0.717, 1.165) is 49.9 Å². The third-order valence-corrected chi connectivity index (χ3v) is 3.74. The summed E-state index contributed by atoms with van der Waals surface area (Å²) in [6.45, 7) is 4.39. The van der Waals surface area contributed by atoms with Crippen LogP contribution in [0.15, 0.2) is 23.2 Å². The van der Waals surface area contributed by atoms with Crippen LogP contribution in [-0.4, -0.2) is 31.0 Å². The Bertz CT molecular complexity index is 486. The molecular weight excluding hydrogens is 387 g/mol. The predicted octanol–water partition coefficient (Wildman–Crippen LogP) is 3.39. The first-order valence-corrected chi connectivity index (χ1v) is 6.99. The van der Waals surface area contributed by atoms with Crippen molar-refractivity contribution in [1.82, 2.24) is 10.2 Å².